The summed E-state index contributed by atoms with van der Waals surface area (Å²) in [6.45, 7) is 6.79. The lowest BCUT2D eigenvalue weighted by Crippen LogP contribution is -2.47. The van der Waals surface area contributed by atoms with Crippen LogP contribution in [0.5, 0.6) is 0 Å². The molecule has 0 unspecified atom stereocenters. The summed E-state index contributed by atoms with van der Waals surface area (Å²) in [5.41, 5.74) is 0. The molecule has 2 aliphatic rings. The molecule has 1 saturated heterocycles. The summed E-state index contributed by atoms with van der Waals surface area (Å²) in [6, 6.07) is 0. The molecule has 1 aliphatic carbocycles. The maximum atomic E-state index is 6.18. The van der Waals surface area contributed by atoms with Crippen LogP contribution >= 0.6 is 0 Å². The van der Waals surface area contributed by atoms with Crippen LogP contribution in [0.2, 0.25) is 0 Å². The van der Waals surface area contributed by atoms with E-state index in [1.807, 2.05) is 7.05 Å². The number of guanidine groups is 1. The second-order valence-corrected chi connectivity index (χ2v) is 7.44. The molecule has 26 heavy (non-hydrogen) atoms. The number of nitrogens with zero attached hydrogens (tertiary/aromatic N) is 5. The predicted molar refractivity (Wildman–Crippen MR) is 103 cm³/mol. The van der Waals surface area contributed by atoms with E-state index in [4.69, 9.17) is 4.74 Å². The highest BCUT2D eigenvalue weighted by molar-refractivity contribution is 5.79. The first-order valence-electron chi connectivity index (χ1n) is 10.2. The van der Waals surface area contributed by atoms with E-state index in [9.17, 15) is 0 Å². The molecular formula is C19H34N6O. The third-order valence-electron chi connectivity index (χ3n) is 5.64. The van der Waals surface area contributed by atoms with Gasteiger partial charge in [0.2, 0.25) is 0 Å². The van der Waals surface area contributed by atoms with Gasteiger partial charge in [0.1, 0.15) is 12.2 Å². The minimum absolute atomic E-state index is 0.425. The van der Waals surface area contributed by atoms with E-state index in [-0.39, 0.29) is 0 Å². The van der Waals surface area contributed by atoms with Crippen LogP contribution in [0.3, 0.4) is 0 Å². The zero-order valence-corrected chi connectivity index (χ0v) is 16.4. The van der Waals surface area contributed by atoms with Crippen molar-refractivity contribution in [2.45, 2.75) is 64.5 Å². The van der Waals surface area contributed by atoms with Crippen molar-refractivity contribution in [1.29, 1.82) is 0 Å². The Kier molecular flexibility index (Phi) is 7.29. The Balaban J connectivity index is 1.36. The average molecular weight is 363 g/mol. The molecule has 1 N–H and O–H groups in total. The van der Waals surface area contributed by atoms with Gasteiger partial charge in [-0.15, -0.1) is 10.2 Å². The number of ether oxygens (including phenoxy) is 1. The number of aromatic nitrogens is 3. The van der Waals surface area contributed by atoms with E-state index in [0.717, 1.165) is 69.8 Å². The number of hydrogen-bond acceptors (Lipinski definition) is 4. The fourth-order valence-corrected chi connectivity index (χ4v) is 4.04. The van der Waals surface area contributed by atoms with Crippen molar-refractivity contribution in [2.75, 3.05) is 33.3 Å². The van der Waals surface area contributed by atoms with E-state index in [2.05, 4.69) is 36.9 Å². The largest absolute Gasteiger partial charge is 0.378 e. The van der Waals surface area contributed by atoms with Crippen molar-refractivity contribution in [2.24, 2.45) is 10.9 Å². The Labute approximate surface area is 157 Å². The van der Waals surface area contributed by atoms with E-state index >= 15 is 0 Å². The maximum Gasteiger partial charge on any atom is 0.193 e. The Morgan fingerprint density at radius 3 is 2.73 bits per heavy atom. The zero-order valence-electron chi connectivity index (χ0n) is 16.4. The molecule has 0 spiro atoms. The molecule has 0 amide bonds. The second-order valence-electron chi connectivity index (χ2n) is 7.44. The van der Waals surface area contributed by atoms with Gasteiger partial charge in [0.15, 0.2) is 5.96 Å². The first kappa shape index (κ1) is 19.1. The molecule has 0 radical (unpaired) electrons. The van der Waals surface area contributed by atoms with Crippen molar-refractivity contribution >= 4 is 5.96 Å². The number of aliphatic imine (C=N–C) groups is 1. The molecule has 1 aromatic rings. The molecule has 0 bridgehead atoms. The van der Waals surface area contributed by atoms with Gasteiger partial charge in [-0.3, -0.25) is 4.99 Å². The second kappa shape index (κ2) is 9.90. The highest BCUT2D eigenvalue weighted by Crippen LogP contribution is 2.26. The van der Waals surface area contributed by atoms with Crippen molar-refractivity contribution in [3.8, 4) is 0 Å². The lowest BCUT2D eigenvalue weighted by atomic mass is 10.1. The van der Waals surface area contributed by atoms with Gasteiger partial charge in [-0.2, -0.15) is 0 Å². The average Bonchev–Trinajstić information content (AvgIpc) is 3.35. The van der Waals surface area contributed by atoms with Gasteiger partial charge in [0.25, 0.3) is 0 Å². The summed E-state index contributed by atoms with van der Waals surface area (Å²) in [7, 11) is 1.86. The molecule has 7 heteroatoms. The number of rotatable bonds is 7. The van der Waals surface area contributed by atoms with Gasteiger partial charge in [-0.1, -0.05) is 19.8 Å². The molecule has 2 heterocycles. The molecule has 0 aromatic carbocycles. The third kappa shape index (κ3) is 5.19. The lowest BCUT2D eigenvalue weighted by Gasteiger charge is -2.34. The van der Waals surface area contributed by atoms with Gasteiger partial charge in [-0.25, -0.2) is 0 Å². The van der Waals surface area contributed by atoms with E-state index in [1.54, 1.807) is 6.33 Å². The fourth-order valence-electron chi connectivity index (χ4n) is 4.04. The first-order chi connectivity index (χ1) is 12.8. The van der Waals surface area contributed by atoms with Crippen molar-refractivity contribution in [3.05, 3.63) is 12.2 Å². The topological polar surface area (TPSA) is 67.6 Å². The number of aryl methyl sites for hydroxylation is 1. The molecule has 2 fully saturated rings. The smallest absolute Gasteiger partial charge is 0.193 e. The number of piperidine rings is 1. The van der Waals surface area contributed by atoms with Crippen LogP contribution in [0, 0.1) is 5.92 Å². The molecule has 1 aromatic heterocycles. The Morgan fingerprint density at radius 1 is 1.27 bits per heavy atom. The van der Waals surface area contributed by atoms with Gasteiger partial charge in [0, 0.05) is 46.3 Å². The molecule has 1 saturated carbocycles. The van der Waals surface area contributed by atoms with Crippen LogP contribution in [-0.4, -0.2) is 65.0 Å². The summed E-state index contributed by atoms with van der Waals surface area (Å²) < 4.78 is 8.28. The van der Waals surface area contributed by atoms with Crippen molar-refractivity contribution < 1.29 is 4.74 Å². The monoisotopic (exact) mass is 362 g/mol. The Morgan fingerprint density at radius 2 is 2.04 bits per heavy atom. The number of hydrogen-bond donors (Lipinski definition) is 1. The summed E-state index contributed by atoms with van der Waals surface area (Å²) in [6.07, 6.45) is 10.8. The van der Waals surface area contributed by atoms with E-state index in [1.165, 1.54) is 25.7 Å². The van der Waals surface area contributed by atoms with Crippen LogP contribution in [0.25, 0.3) is 0 Å². The molecular weight excluding hydrogens is 328 g/mol. The van der Waals surface area contributed by atoms with Gasteiger partial charge >= 0.3 is 0 Å². The van der Waals surface area contributed by atoms with Crippen LogP contribution in [0.15, 0.2) is 11.3 Å². The van der Waals surface area contributed by atoms with E-state index < -0.39 is 0 Å². The molecule has 1 aliphatic heterocycles. The zero-order chi connectivity index (χ0) is 18.2. The van der Waals surface area contributed by atoms with Crippen LogP contribution in [-0.2, 0) is 17.7 Å². The molecule has 7 nitrogen and oxygen atoms in total. The van der Waals surface area contributed by atoms with Gasteiger partial charge in [0.05, 0.1) is 6.10 Å². The highest BCUT2D eigenvalue weighted by atomic mass is 16.5. The fraction of sp³-hybridized carbons (Fsp3) is 0.842. The summed E-state index contributed by atoms with van der Waals surface area (Å²) in [5, 5.41) is 11.6. The van der Waals surface area contributed by atoms with Crippen LogP contribution < -0.4 is 5.32 Å². The summed E-state index contributed by atoms with van der Waals surface area (Å²) in [4.78, 5) is 6.81. The normalized spacial score (nSPS) is 20.1. The Hall–Kier alpha value is -1.63. The Bertz CT molecular complexity index is 558. The first-order valence-corrected chi connectivity index (χ1v) is 10.2. The van der Waals surface area contributed by atoms with Gasteiger partial charge < -0.3 is 19.5 Å². The highest BCUT2D eigenvalue weighted by Gasteiger charge is 2.23. The number of likely N-dealkylation sites (tertiary alicyclic amines) is 1. The minimum Gasteiger partial charge on any atom is -0.378 e. The SMILES string of the molecule is CCc1nncn1CCNC(=NC)N1CCC(OCC2CCCC2)CC1. The summed E-state index contributed by atoms with van der Waals surface area (Å²) >= 11 is 0. The summed E-state index contributed by atoms with van der Waals surface area (Å²) in [5.74, 6) is 2.83. The maximum absolute atomic E-state index is 6.18. The quantitative estimate of drug-likeness (QED) is 0.594. The molecule has 0 atom stereocenters. The van der Waals surface area contributed by atoms with Crippen molar-refractivity contribution in [1.82, 2.24) is 25.0 Å². The molecule has 3 rings (SSSR count). The van der Waals surface area contributed by atoms with Crippen LogP contribution in [0.1, 0.15) is 51.3 Å². The third-order valence-corrected chi connectivity index (χ3v) is 5.64. The van der Waals surface area contributed by atoms with Crippen LogP contribution in [0.4, 0.5) is 0 Å². The van der Waals surface area contributed by atoms with Crippen molar-refractivity contribution in [3.63, 3.8) is 0 Å². The minimum atomic E-state index is 0.425. The number of nitrogens with one attached hydrogen (secondary N) is 1. The standard InChI is InChI=1S/C19H34N6O/c1-3-18-23-22-15-25(18)13-10-21-19(20-2)24-11-8-17(9-12-24)26-14-16-6-4-5-7-16/h15-17H,3-14H2,1-2H3,(H,20,21). The van der Waals surface area contributed by atoms with E-state index in [0.29, 0.717) is 6.10 Å². The molecule has 146 valence electrons. The lowest BCUT2D eigenvalue weighted by molar-refractivity contribution is 0.00102. The van der Waals surface area contributed by atoms with Gasteiger partial charge in [-0.05, 0) is 31.6 Å². The predicted octanol–water partition coefficient (Wildman–Crippen LogP) is 2.09.